The Balaban J connectivity index is 1.65. The zero-order chi connectivity index (χ0) is 26.1. The lowest BCUT2D eigenvalue weighted by atomic mass is 9.67. The number of aromatic hydroxyl groups is 2. The summed E-state index contributed by atoms with van der Waals surface area (Å²) in [6, 6.07) is 17.5. The van der Waals surface area contributed by atoms with Gasteiger partial charge in [-0.05, 0) is 61.3 Å². The van der Waals surface area contributed by atoms with Crippen molar-refractivity contribution in [3.05, 3.63) is 94.8 Å². The number of piperidine rings is 1. The first-order valence-electron chi connectivity index (χ1n) is 12.7. The molecule has 0 amide bonds. The van der Waals surface area contributed by atoms with Gasteiger partial charge in [-0.1, -0.05) is 36.4 Å². The van der Waals surface area contributed by atoms with E-state index in [9.17, 15) is 24.2 Å². The molecule has 3 N–H and O–H groups in total. The summed E-state index contributed by atoms with van der Waals surface area (Å²) in [6.07, 6.45) is 0.906. The first-order valence-corrected chi connectivity index (χ1v) is 12.7. The van der Waals surface area contributed by atoms with E-state index < -0.39 is 17.8 Å². The number of Topliss-reactive ketones (excluding diaryl/α,β-unsaturated/α-hetero) is 2. The van der Waals surface area contributed by atoms with Crippen LogP contribution in [0.15, 0.2) is 66.7 Å². The summed E-state index contributed by atoms with van der Waals surface area (Å²) < 4.78 is 14.8. The number of carbonyl (C=O) groups is 2. The van der Waals surface area contributed by atoms with Gasteiger partial charge in [0.05, 0.1) is 0 Å². The fourth-order valence-corrected chi connectivity index (χ4v) is 5.99. The van der Waals surface area contributed by atoms with E-state index in [-0.39, 0.29) is 34.9 Å². The van der Waals surface area contributed by atoms with Crippen molar-refractivity contribution in [3.8, 4) is 11.5 Å². The minimum atomic E-state index is -0.636. The van der Waals surface area contributed by atoms with Gasteiger partial charge in [-0.3, -0.25) is 14.5 Å². The fraction of sp³-hybridized carbons (Fsp3) is 0.333. The van der Waals surface area contributed by atoms with Gasteiger partial charge >= 0.3 is 0 Å². The van der Waals surface area contributed by atoms with Crippen LogP contribution in [-0.2, 0) is 0 Å². The number of hydrogen-bond donors (Lipinski definition) is 3. The molecule has 1 unspecified atom stereocenters. The van der Waals surface area contributed by atoms with Crippen molar-refractivity contribution in [3.63, 3.8) is 0 Å². The highest BCUT2D eigenvalue weighted by molar-refractivity contribution is 6.02. The van der Waals surface area contributed by atoms with Crippen molar-refractivity contribution in [2.75, 3.05) is 26.2 Å². The highest BCUT2D eigenvalue weighted by Gasteiger charge is 2.47. The van der Waals surface area contributed by atoms with E-state index in [4.69, 9.17) is 0 Å². The summed E-state index contributed by atoms with van der Waals surface area (Å²) in [4.78, 5) is 30.3. The molecule has 0 saturated carbocycles. The smallest absolute Gasteiger partial charge is 0.167 e. The van der Waals surface area contributed by atoms with Crippen molar-refractivity contribution < 1.29 is 24.2 Å². The van der Waals surface area contributed by atoms with Gasteiger partial charge in [0.15, 0.2) is 11.6 Å². The van der Waals surface area contributed by atoms with Gasteiger partial charge in [-0.25, -0.2) is 4.39 Å². The molecule has 2 aliphatic heterocycles. The Bertz CT molecular complexity index is 1250. The highest BCUT2D eigenvalue weighted by atomic mass is 19.1. The number of hydrogen-bond acceptors (Lipinski definition) is 6. The van der Waals surface area contributed by atoms with E-state index in [1.54, 1.807) is 43.3 Å². The Morgan fingerprint density at radius 3 is 1.97 bits per heavy atom. The average molecular weight is 503 g/mol. The molecule has 3 aromatic rings. The molecule has 5 rings (SSSR count). The number of ketones is 2. The quantitative estimate of drug-likeness (QED) is 0.436. The maximum absolute atomic E-state index is 14.8. The van der Waals surface area contributed by atoms with Crippen molar-refractivity contribution >= 4 is 11.6 Å². The van der Waals surface area contributed by atoms with Gasteiger partial charge in [0.1, 0.15) is 17.3 Å². The molecule has 0 aromatic heterocycles. The number of phenols is 2. The van der Waals surface area contributed by atoms with Crippen LogP contribution in [0.3, 0.4) is 0 Å². The Morgan fingerprint density at radius 1 is 0.892 bits per heavy atom. The lowest BCUT2D eigenvalue weighted by Gasteiger charge is -2.45. The first-order chi connectivity index (χ1) is 17.8. The molecule has 2 saturated heterocycles. The van der Waals surface area contributed by atoms with E-state index >= 15 is 0 Å². The Labute approximate surface area is 215 Å². The zero-order valence-corrected chi connectivity index (χ0v) is 20.7. The van der Waals surface area contributed by atoms with Crippen LogP contribution < -0.4 is 5.32 Å². The number of likely N-dealkylation sites (tertiary alicyclic amines) is 1. The number of carbonyl (C=O) groups excluding carboxylic acids is 2. The molecule has 6 nitrogen and oxygen atoms in total. The maximum Gasteiger partial charge on any atom is 0.167 e. The molecule has 7 heteroatoms. The Kier molecular flexibility index (Phi) is 7.09. The van der Waals surface area contributed by atoms with Gasteiger partial charge in [0.2, 0.25) is 0 Å². The fourth-order valence-electron chi connectivity index (χ4n) is 5.99. The topological polar surface area (TPSA) is 89.9 Å². The van der Waals surface area contributed by atoms with Crippen molar-refractivity contribution in [1.82, 2.24) is 10.2 Å². The van der Waals surface area contributed by atoms with Gasteiger partial charge < -0.3 is 15.5 Å². The van der Waals surface area contributed by atoms with Gasteiger partial charge in [0.25, 0.3) is 0 Å². The van der Waals surface area contributed by atoms with E-state index in [2.05, 4.69) is 10.2 Å². The standard InChI is InChI=1S/C30H31FN2O4/c1-18-24(9-4-10-27(18)31)28-25(29(36)19-5-2-7-22(34)13-19)16-33(21-11-12-32-15-21)17-26(28)30(37)20-6-3-8-23(35)14-20/h2-10,13-14,21,25-26,28,32,34-35H,11-12,15-17H2,1H3/t21?,25-,26-/m0/s1. The molecule has 3 atom stereocenters. The maximum atomic E-state index is 14.8. The Morgan fingerprint density at radius 2 is 1.46 bits per heavy atom. The zero-order valence-electron chi connectivity index (χ0n) is 20.7. The van der Waals surface area contributed by atoms with Crippen LogP contribution in [-0.4, -0.2) is 58.9 Å². The molecule has 2 aliphatic rings. The molecule has 2 fully saturated rings. The minimum absolute atomic E-state index is 0.00983. The molecular formula is C30H31FN2O4. The first kappa shape index (κ1) is 25.1. The van der Waals surface area contributed by atoms with E-state index in [0.717, 1.165) is 19.5 Å². The Hall–Kier alpha value is -3.55. The summed E-state index contributed by atoms with van der Waals surface area (Å²) in [6.45, 7) is 4.16. The summed E-state index contributed by atoms with van der Waals surface area (Å²) in [5.74, 6) is -2.62. The number of nitrogens with one attached hydrogen (secondary N) is 1. The summed E-state index contributed by atoms with van der Waals surface area (Å²) in [5, 5.41) is 23.5. The molecule has 192 valence electrons. The molecule has 0 spiro atoms. The lowest BCUT2D eigenvalue weighted by Crippen LogP contribution is -2.54. The number of phenolic OH excluding ortho intramolecular Hbond substituents is 2. The van der Waals surface area contributed by atoms with E-state index in [0.29, 0.717) is 35.3 Å². The molecule has 3 aromatic carbocycles. The number of halogens is 1. The molecule has 0 aliphatic carbocycles. The van der Waals surface area contributed by atoms with E-state index in [1.165, 1.54) is 30.3 Å². The highest BCUT2D eigenvalue weighted by Crippen LogP contribution is 2.43. The second kappa shape index (κ2) is 10.4. The number of nitrogens with zero attached hydrogens (tertiary/aromatic N) is 1. The van der Waals surface area contributed by atoms with Crippen molar-refractivity contribution in [1.29, 1.82) is 0 Å². The van der Waals surface area contributed by atoms with Crippen LogP contribution in [0, 0.1) is 24.6 Å². The minimum Gasteiger partial charge on any atom is -0.508 e. The van der Waals surface area contributed by atoms with Crippen LogP contribution in [0.4, 0.5) is 4.39 Å². The third-order valence-electron chi connectivity index (χ3n) is 7.88. The normalized spacial score (nSPS) is 22.7. The van der Waals surface area contributed by atoms with Crippen LogP contribution in [0.1, 0.15) is 44.2 Å². The van der Waals surface area contributed by atoms with Gasteiger partial charge in [0, 0.05) is 54.6 Å². The van der Waals surface area contributed by atoms with Gasteiger partial charge in [-0.2, -0.15) is 0 Å². The summed E-state index contributed by atoms with van der Waals surface area (Å²) >= 11 is 0. The van der Waals surface area contributed by atoms with Crippen molar-refractivity contribution in [2.45, 2.75) is 25.3 Å². The van der Waals surface area contributed by atoms with Crippen LogP contribution >= 0.6 is 0 Å². The predicted octanol–water partition coefficient (Wildman–Crippen LogP) is 4.30. The van der Waals surface area contributed by atoms with E-state index in [1.807, 2.05) is 0 Å². The third-order valence-corrected chi connectivity index (χ3v) is 7.88. The molecule has 37 heavy (non-hydrogen) atoms. The number of benzene rings is 3. The second-order valence-electron chi connectivity index (χ2n) is 10.1. The summed E-state index contributed by atoms with van der Waals surface area (Å²) in [5.41, 5.74) is 1.78. The van der Waals surface area contributed by atoms with Crippen LogP contribution in [0.5, 0.6) is 11.5 Å². The SMILES string of the molecule is Cc1c(F)cccc1C1[C@@H](C(=O)c2cccc(O)c2)CN(C2CCNC2)C[C@@H]1C(=O)c1cccc(O)c1. The second-order valence-corrected chi connectivity index (χ2v) is 10.1. The van der Waals surface area contributed by atoms with Crippen LogP contribution in [0.2, 0.25) is 0 Å². The van der Waals surface area contributed by atoms with Crippen LogP contribution in [0.25, 0.3) is 0 Å². The molecule has 0 bridgehead atoms. The summed E-state index contributed by atoms with van der Waals surface area (Å²) in [7, 11) is 0. The number of rotatable bonds is 6. The van der Waals surface area contributed by atoms with Crippen molar-refractivity contribution in [2.24, 2.45) is 11.8 Å². The monoisotopic (exact) mass is 502 g/mol. The molecule has 2 heterocycles. The van der Waals surface area contributed by atoms with Gasteiger partial charge in [-0.15, -0.1) is 0 Å². The largest absolute Gasteiger partial charge is 0.508 e. The molecule has 0 radical (unpaired) electrons. The lowest BCUT2D eigenvalue weighted by molar-refractivity contribution is 0.0476. The molecular weight excluding hydrogens is 471 g/mol. The third kappa shape index (κ3) is 5.02. The average Bonchev–Trinajstić information content (AvgIpc) is 3.44. The predicted molar refractivity (Wildman–Crippen MR) is 139 cm³/mol.